The minimum Gasteiger partial charge on any atom is -0.444 e. The van der Waals surface area contributed by atoms with Crippen LogP contribution in [0.15, 0.2) is 23.0 Å². The van der Waals surface area contributed by atoms with Crippen LogP contribution in [0.1, 0.15) is 71.4 Å². The number of carbonyl (C=O) groups excluding carboxylic acids is 2. The molecule has 0 spiro atoms. The van der Waals surface area contributed by atoms with Crippen LogP contribution in [0.4, 0.5) is 4.79 Å². The van der Waals surface area contributed by atoms with Crippen LogP contribution >= 0.6 is 0 Å². The van der Waals surface area contributed by atoms with Gasteiger partial charge in [-0.25, -0.2) is 20.2 Å². The second kappa shape index (κ2) is 10.2. The number of rotatable bonds is 2. The van der Waals surface area contributed by atoms with Crippen LogP contribution in [0, 0.1) is 0 Å². The highest BCUT2D eigenvalue weighted by atomic mass is 16.7. The Morgan fingerprint density at radius 2 is 1.71 bits per heavy atom. The lowest BCUT2D eigenvalue weighted by Gasteiger charge is -2.33. The maximum Gasteiger partial charge on any atom is 0.410 e. The van der Waals surface area contributed by atoms with Gasteiger partial charge in [-0.15, -0.1) is 0 Å². The highest BCUT2D eigenvalue weighted by Crippen LogP contribution is 2.32. The van der Waals surface area contributed by atoms with Crippen molar-refractivity contribution in [3.05, 3.63) is 34.2 Å². The Morgan fingerprint density at radius 3 is 2.29 bits per heavy atom. The number of likely N-dealkylation sites (tertiary alicyclic amines) is 1. The summed E-state index contributed by atoms with van der Waals surface area (Å²) in [6, 6.07) is 5.22. The average Bonchev–Trinajstić information content (AvgIpc) is 3.04. The maximum atomic E-state index is 12.9. The predicted molar refractivity (Wildman–Crippen MR) is 129 cm³/mol. The summed E-state index contributed by atoms with van der Waals surface area (Å²) >= 11 is 0. The van der Waals surface area contributed by atoms with E-state index < -0.39 is 17.6 Å². The molecule has 1 atom stereocenters. The number of nitrogens with zero attached hydrogens (tertiary/aromatic N) is 4. The van der Waals surface area contributed by atoms with Gasteiger partial charge in [0.2, 0.25) is 0 Å². The number of aryl methyl sites for hydroxylation is 1. The van der Waals surface area contributed by atoms with Gasteiger partial charge < -0.3 is 14.5 Å². The number of hydroxylamine groups is 1. The van der Waals surface area contributed by atoms with E-state index in [1.807, 2.05) is 52.8 Å². The number of imidazole rings is 1. The number of amides is 1. The molecule has 2 fully saturated rings. The van der Waals surface area contributed by atoms with Gasteiger partial charge in [-0.1, -0.05) is 25.1 Å². The Morgan fingerprint density at radius 1 is 1.06 bits per heavy atom. The van der Waals surface area contributed by atoms with Crippen LogP contribution in [-0.2, 0) is 21.4 Å². The van der Waals surface area contributed by atoms with Gasteiger partial charge in [0.05, 0.1) is 17.6 Å². The molecule has 188 valence electrons. The van der Waals surface area contributed by atoms with Crippen molar-refractivity contribution in [1.82, 2.24) is 19.2 Å². The first-order valence-corrected chi connectivity index (χ1v) is 12.0. The highest BCUT2D eigenvalue weighted by Gasteiger charge is 2.33. The van der Waals surface area contributed by atoms with Gasteiger partial charge >= 0.3 is 17.8 Å². The average molecular weight is 476 g/mol. The number of ether oxygens (including phenoxy) is 1. The summed E-state index contributed by atoms with van der Waals surface area (Å²) in [5, 5.41) is 0.997. The molecule has 2 aliphatic rings. The molecular weight excluding hydrogens is 438 g/mol. The van der Waals surface area contributed by atoms with Crippen LogP contribution in [0.3, 0.4) is 0 Å². The standard InChI is InChI=1S/C22H31N5O5.C2H6/c1-22(2,3)31-21(30)25-10-7-14(8-11-25)15-5-6-16-18(13-15)24(4)20(29)27(16)17-9-12-26(23)32-19(17)28;1-2/h5-6,13-14,17H,7-12,23H2,1-4H3;1-2H3. The zero-order chi connectivity index (χ0) is 25.2. The van der Waals surface area contributed by atoms with E-state index >= 15 is 0 Å². The Balaban J connectivity index is 0.00000158. The maximum absolute atomic E-state index is 12.9. The van der Waals surface area contributed by atoms with Crippen LogP contribution < -0.4 is 11.5 Å². The SMILES string of the molecule is CC.Cn1c(=O)n(C2CCN(N)OC2=O)c2ccc(C3CCN(C(=O)OC(C)(C)C)CC3)cc21. The van der Waals surface area contributed by atoms with Crippen LogP contribution in [0.25, 0.3) is 11.0 Å². The minimum atomic E-state index is -0.700. The van der Waals surface area contributed by atoms with E-state index in [1.165, 1.54) is 4.57 Å². The van der Waals surface area contributed by atoms with E-state index in [1.54, 1.807) is 16.5 Å². The van der Waals surface area contributed by atoms with Crippen molar-refractivity contribution < 1.29 is 19.2 Å². The molecule has 1 aromatic heterocycles. The van der Waals surface area contributed by atoms with E-state index in [0.29, 0.717) is 31.6 Å². The minimum absolute atomic E-state index is 0.260. The second-order valence-corrected chi connectivity index (χ2v) is 9.56. The second-order valence-electron chi connectivity index (χ2n) is 9.56. The summed E-state index contributed by atoms with van der Waals surface area (Å²) in [4.78, 5) is 44.4. The van der Waals surface area contributed by atoms with Crippen LogP contribution in [0.5, 0.6) is 0 Å². The number of hydrogen-bond donors (Lipinski definition) is 1. The number of piperidine rings is 1. The molecular formula is C24H37N5O5. The Bertz CT molecular complexity index is 1090. The number of benzene rings is 1. The van der Waals surface area contributed by atoms with Crippen molar-refractivity contribution in [1.29, 1.82) is 0 Å². The van der Waals surface area contributed by atoms with Gasteiger partial charge in [-0.3, -0.25) is 9.13 Å². The molecule has 0 aliphatic carbocycles. The zero-order valence-electron chi connectivity index (χ0n) is 21.0. The number of fused-ring (bicyclic) bond motifs is 1. The Labute approximate surface area is 200 Å². The molecule has 10 nitrogen and oxygen atoms in total. The van der Waals surface area contributed by atoms with Crippen molar-refractivity contribution >= 4 is 23.1 Å². The summed E-state index contributed by atoms with van der Waals surface area (Å²) in [5.41, 5.74) is 1.81. The molecule has 3 heterocycles. The quantitative estimate of drug-likeness (QED) is 0.664. The molecule has 2 N–H and O–H groups in total. The zero-order valence-corrected chi connectivity index (χ0v) is 21.0. The molecule has 2 aromatic rings. The molecule has 2 aliphatic heterocycles. The van der Waals surface area contributed by atoms with Gasteiger partial charge in [-0.05, 0) is 63.6 Å². The van der Waals surface area contributed by atoms with Gasteiger partial charge in [0, 0.05) is 20.1 Å². The molecule has 4 rings (SSSR count). The van der Waals surface area contributed by atoms with E-state index in [-0.39, 0.29) is 17.7 Å². The van der Waals surface area contributed by atoms with Crippen LogP contribution in [-0.4, -0.2) is 56.5 Å². The summed E-state index contributed by atoms with van der Waals surface area (Å²) in [6.45, 7) is 11.2. The van der Waals surface area contributed by atoms with Crippen molar-refractivity contribution in [2.45, 2.75) is 71.4 Å². The van der Waals surface area contributed by atoms with Gasteiger partial charge in [0.25, 0.3) is 0 Å². The molecule has 10 heteroatoms. The molecule has 2 saturated heterocycles. The number of carbonyl (C=O) groups is 2. The Kier molecular flexibility index (Phi) is 7.72. The molecule has 0 bridgehead atoms. The lowest BCUT2D eigenvalue weighted by atomic mass is 9.89. The fraction of sp³-hybridized carbons (Fsp3) is 0.625. The predicted octanol–water partition coefficient (Wildman–Crippen LogP) is 3.06. The fourth-order valence-corrected chi connectivity index (χ4v) is 4.48. The number of hydrazine groups is 1. The van der Waals surface area contributed by atoms with Gasteiger partial charge in [0.15, 0.2) is 0 Å². The lowest BCUT2D eigenvalue weighted by molar-refractivity contribution is -0.208. The van der Waals surface area contributed by atoms with Crippen molar-refractivity contribution in [2.75, 3.05) is 19.6 Å². The third-order valence-electron chi connectivity index (χ3n) is 6.15. The summed E-state index contributed by atoms with van der Waals surface area (Å²) in [7, 11) is 1.71. The molecule has 0 saturated carbocycles. The first-order chi connectivity index (χ1) is 16.0. The third kappa shape index (κ3) is 5.28. The normalized spacial score (nSPS) is 20.0. The smallest absolute Gasteiger partial charge is 0.410 e. The third-order valence-corrected chi connectivity index (χ3v) is 6.15. The van der Waals surface area contributed by atoms with Crippen molar-refractivity contribution in [2.24, 2.45) is 12.9 Å². The molecule has 1 aromatic carbocycles. The molecule has 1 amide bonds. The van der Waals surface area contributed by atoms with E-state index in [2.05, 4.69) is 0 Å². The fourth-order valence-electron chi connectivity index (χ4n) is 4.48. The monoisotopic (exact) mass is 475 g/mol. The summed E-state index contributed by atoms with van der Waals surface area (Å²) in [5.74, 6) is 5.29. The molecule has 0 radical (unpaired) electrons. The van der Waals surface area contributed by atoms with Gasteiger partial charge in [0.1, 0.15) is 11.6 Å². The summed E-state index contributed by atoms with van der Waals surface area (Å²) in [6.07, 6.45) is 1.77. The largest absolute Gasteiger partial charge is 0.444 e. The van der Waals surface area contributed by atoms with E-state index in [0.717, 1.165) is 29.1 Å². The first-order valence-electron chi connectivity index (χ1n) is 12.0. The molecule has 34 heavy (non-hydrogen) atoms. The van der Waals surface area contributed by atoms with Crippen molar-refractivity contribution in [3.63, 3.8) is 0 Å². The number of hydrogen-bond acceptors (Lipinski definition) is 7. The number of aromatic nitrogens is 2. The van der Waals surface area contributed by atoms with Gasteiger partial charge in [-0.2, -0.15) is 0 Å². The first kappa shape index (κ1) is 25.8. The van der Waals surface area contributed by atoms with Crippen LogP contribution in [0.2, 0.25) is 0 Å². The topological polar surface area (TPSA) is 112 Å². The lowest BCUT2D eigenvalue weighted by Crippen LogP contribution is -2.45. The highest BCUT2D eigenvalue weighted by molar-refractivity contribution is 5.82. The van der Waals surface area contributed by atoms with E-state index in [4.69, 9.17) is 15.4 Å². The Hall–Kier alpha value is -2.85. The number of nitrogens with two attached hydrogens (primary N) is 1. The van der Waals surface area contributed by atoms with E-state index in [9.17, 15) is 14.4 Å². The summed E-state index contributed by atoms with van der Waals surface area (Å²) < 4.78 is 8.54. The molecule has 1 unspecified atom stereocenters. The van der Waals surface area contributed by atoms with Crippen molar-refractivity contribution in [3.8, 4) is 0 Å².